The number of likely N-dealkylation sites (tertiary alicyclic amines) is 1. The lowest BCUT2D eigenvalue weighted by Crippen LogP contribution is -2.49. The third-order valence-electron chi connectivity index (χ3n) is 4.04. The van der Waals surface area contributed by atoms with Crippen molar-refractivity contribution in [2.45, 2.75) is 32.2 Å². The monoisotopic (exact) mass is 264 g/mol. The van der Waals surface area contributed by atoms with Crippen molar-refractivity contribution in [3.05, 3.63) is 5.82 Å². The predicted octanol–water partition coefficient (Wildman–Crippen LogP) is 0.241. The topological polar surface area (TPSA) is 60.1 Å². The molecule has 0 aliphatic carbocycles. The van der Waals surface area contributed by atoms with E-state index in [1.807, 2.05) is 0 Å². The Labute approximate surface area is 114 Å². The molecule has 6 nitrogen and oxygen atoms in total. The van der Waals surface area contributed by atoms with Gasteiger partial charge in [-0.25, -0.2) is 0 Å². The highest BCUT2D eigenvalue weighted by atomic mass is 15.4. The third-order valence-corrected chi connectivity index (χ3v) is 4.04. The number of rotatable bonds is 4. The molecule has 1 aromatic heterocycles. The molecule has 0 amide bonds. The largest absolute Gasteiger partial charge is 0.337 e. The molecule has 2 aliphatic heterocycles. The van der Waals surface area contributed by atoms with Crippen molar-refractivity contribution in [1.29, 1.82) is 0 Å². The van der Waals surface area contributed by atoms with E-state index in [0.29, 0.717) is 6.04 Å². The lowest BCUT2D eigenvalue weighted by molar-refractivity contribution is 0.341. The van der Waals surface area contributed by atoms with Crippen LogP contribution in [0.3, 0.4) is 0 Å². The molecule has 3 heterocycles. The molecular weight excluding hydrogens is 240 g/mol. The first-order valence-corrected chi connectivity index (χ1v) is 7.43. The second kappa shape index (κ2) is 5.88. The van der Waals surface area contributed by atoms with Crippen molar-refractivity contribution in [1.82, 2.24) is 25.4 Å². The Bertz CT molecular complexity index is 398. The summed E-state index contributed by atoms with van der Waals surface area (Å²) in [5, 5.41) is 10.9. The molecule has 0 aromatic carbocycles. The first-order chi connectivity index (χ1) is 9.31. The Morgan fingerprint density at radius 2 is 2.11 bits per heavy atom. The van der Waals surface area contributed by atoms with Gasteiger partial charge in [-0.1, -0.05) is 0 Å². The summed E-state index contributed by atoms with van der Waals surface area (Å²) in [6, 6.07) is 0.514. The summed E-state index contributed by atoms with van der Waals surface area (Å²) in [4.78, 5) is 9.40. The van der Waals surface area contributed by atoms with Crippen LogP contribution in [0.15, 0.2) is 0 Å². The van der Waals surface area contributed by atoms with E-state index in [1.54, 1.807) is 0 Å². The Hall–Kier alpha value is -1.14. The molecule has 2 saturated heterocycles. The Kier molecular flexibility index (Phi) is 3.98. The molecule has 6 heteroatoms. The van der Waals surface area contributed by atoms with Crippen LogP contribution in [0.25, 0.3) is 0 Å². The maximum Gasteiger partial charge on any atom is 0.244 e. The van der Waals surface area contributed by atoms with Crippen molar-refractivity contribution >= 4 is 5.95 Å². The van der Waals surface area contributed by atoms with Crippen LogP contribution in [0.5, 0.6) is 0 Å². The molecule has 2 fully saturated rings. The zero-order valence-electron chi connectivity index (χ0n) is 11.7. The molecule has 0 unspecified atom stereocenters. The minimum absolute atomic E-state index is 0.514. The molecule has 19 heavy (non-hydrogen) atoms. The van der Waals surface area contributed by atoms with Crippen LogP contribution in [0, 0.1) is 0 Å². The third kappa shape index (κ3) is 3.25. The average molecular weight is 264 g/mol. The van der Waals surface area contributed by atoms with E-state index in [1.165, 1.54) is 25.9 Å². The van der Waals surface area contributed by atoms with Gasteiger partial charge in [0.15, 0.2) is 0 Å². The Morgan fingerprint density at radius 1 is 1.26 bits per heavy atom. The molecule has 1 atom stereocenters. The number of H-pyrrole nitrogens is 1. The van der Waals surface area contributed by atoms with Crippen LogP contribution < -0.4 is 10.2 Å². The van der Waals surface area contributed by atoms with Gasteiger partial charge in [-0.3, -0.25) is 5.10 Å². The first kappa shape index (κ1) is 12.9. The van der Waals surface area contributed by atoms with E-state index >= 15 is 0 Å². The van der Waals surface area contributed by atoms with Crippen molar-refractivity contribution in [3.63, 3.8) is 0 Å². The van der Waals surface area contributed by atoms with Gasteiger partial charge in [0.05, 0.1) is 0 Å². The summed E-state index contributed by atoms with van der Waals surface area (Å²) in [6.07, 6.45) is 3.68. The minimum atomic E-state index is 0.514. The molecular formula is C13H24N6. The molecule has 2 aliphatic rings. The quantitative estimate of drug-likeness (QED) is 0.816. The number of hydrogen-bond donors (Lipinski definition) is 2. The van der Waals surface area contributed by atoms with Gasteiger partial charge in [-0.2, -0.15) is 4.98 Å². The Morgan fingerprint density at radius 3 is 2.89 bits per heavy atom. The number of hydrogen-bond acceptors (Lipinski definition) is 5. The molecule has 0 spiro atoms. The Balaban J connectivity index is 1.53. The van der Waals surface area contributed by atoms with Gasteiger partial charge < -0.3 is 15.1 Å². The van der Waals surface area contributed by atoms with Crippen LogP contribution in [0.2, 0.25) is 0 Å². The predicted molar refractivity (Wildman–Crippen MR) is 75.4 cm³/mol. The molecule has 3 rings (SSSR count). The zero-order chi connectivity index (χ0) is 13.1. The summed E-state index contributed by atoms with van der Waals surface area (Å²) in [5.74, 6) is 1.89. The summed E-state index contributed by atoms with van der Waals surface area (Å²) in [7, 11) is 0. The fourth-order valence-electron chi connectivity index (χ4n) is 2.92. The van der Waals surface area contributed by atoms with E-state index in [2.05, 4.69) is 37.2 Å². The van der Waals surface area contributed by atoms with Gasteiger partial charge in [0.25, 0.3) is 0 Å². The highest BCUT2D eigenvalue weighted by Crippen LogP contribution is 2.11. The lowest BCUT2D eigenvalue weighted by Gasteiger charge is -2.30. The highest BCUT2D eigenvalue weighted by Gasteiger charge is 2.19. The number of aromatic amines is 1. The normalized spacial score (nSPS) is 25.1. The average Bonchev–Trinajstić information content (AvgIpc) is 3.08. The highest BCUT2D eigenvalue weighted by molar-refractivity contribution is 5.30. The van der Waals surface area contributed by atoms with E-state index < -0.39 is 0 Å². The van der Waals surface area contributed by atoms with Gasteiger partial charge in [0, 0.05) is 38.6 Å². The van der Waals surface area contributed by atoms with Crippen LogP contribution in [0.1, 0.15) is 25.6 Å². The number of aromatic nitrogens is 3. The van der Waals surface area contributed by atoms with Crippen molar-refractivity contribution in [3.8, 4) is 0 Å². The molecule has 0 bridgehead atoms. The van der Waals surface area contributed by atoms with E-state index in [-0.39, 0.29) is 0 Å². The fourth-order valence-corrected chi connectivity index (χ4v) is 2.92. The van der Waals surface area contributed by atoms with Crippen molar-refractivity contribution in [2.75, 3.05) is 44.2 Å². The molecule has 1 aromatic rings. The minimum Gasteiger partial charge on any atom is -0.337 e. The first-order valence-electron chi connectivity index (χ1n) is 7.43. The molecule has 106 valence electrons. The lowest BCUT2D eigenvalue weighted by atomic mass is 10.2. The maximum atomic E-state index is 4.63. The van der Waals surface area contributed by atoms with E-state index in [4.69, 9.17) is 0 Å². The number of piperazine rings is 1. The van der Waals surface area contributed by atoms with Gasteiger partial charge >= 0.3 is 0 Å². The summed E-state index contributed by atoms with van der Waals surface area (Å²) in [5.41, 5.74) is 0. The van der Waals surface area contributed by atoms with Gasteiger partial charge in [0.1, 0.15) is 5.82 Å². The second-order valence-corrected chi connectivity index (χ2v) is 5.68. The number of anilines is 1. The summed E-state index contributed by atoms with van der Waals surface area (Å²) in [6.45, 7) is 8.79. The van der Waals surface area contributed by atoms with Gasteiger partial charge in [-0.15, -0.1) is 5.10 Å². The van der Waals surface area contributed by atoms with E-state index in [9.17, 15) is 0 Å². The summed E-state index contributed by atoms with van der Waals surface area (Å²) >= 11 is 0. The van der Waals surface area contributed by atoms with Gasteiger partial charge in [-0.05, 0) is 32.9 Å². The standard InChI is InChI=1S/C13H24N6/c1-11-10-19(9-5-14-11)13-15-12(16-17-13)4-8-18-6-2-3-7-18/h11,14H,2-10H2,1H3,(H,15,16,17)/t11-/m0/s1. The fraction of sp³-hybridized carbons (Fsp3) is 0.846. The van der Waals surface area contributed by atoms with Crippen molar-refractivity contribution in [2.24, 2.45) is 0 Å². The maximum absolute atomic E-state index is 4.63. The zero-order valence-corrected chi connectivity index (χ0v) is 11.7. The van der Waals surface area contributed by atoms with E-state index in [0.717, 1.165) is 44.4 Å². The number of nitrogens with one attached hydrogen (secondary N) is 2. The molecule has 2 N–H and O–H groups in total. The second-order valence-electron chi connectivity index (χ2n) is 5.68. The van der Waals surface area contributed by atoms with Gasteiger partial charge in [0.2, 0.25) is 5.95 Å². The van der Waals surface area contributed by atoms with Crippen LogP contribution >= 0.6 is 0 Å². The molecule has 0 saturated carbocycles. The molecule has 0 radical (unpaired) electrons. The van der Waals surface area contributed by atoms with Crippen LogP contribution in [-0.4, -0.2) is 65.4 Å². The van der Waals surface area contributed by atoms with Crippen molar-refractivity contribution < 1.29 is 0 Å². The van der Waals surface area contributed by atoms with Crippen LogP contribution in [-0.2, 0) is 6.42 Å². The van der Waals surface area contributed by atoms with Crippen LogP contribution in [0.4, 0.5) is 5.95 Å². The summed E-state index contributed by atoms with van der Waals surface area (Å²) < 4.78 is 0. The number of nitrogens with zero attached hydrogens (tertiary/aromatic N) is 4. The smallest absolute Gasteiger partial charge is 0.244 e. The SMILES string of the molecule is C[C@H]1CN(c2n[nH]c(CCN3CCCC3)n2)CCN1.